The first-order valence-electron chi connectivity index (χ1n) is 10.3. The van der Waals surface area contributed by atoms with Crippen LogP contribution in [0.4, 0.5) is 42.0 Å². The van der Waals surface area contributed by atoms with Gasteiger partial charge < -0.3 is 16.0 Å². The van der Waals surface area contributed by atoms with Gasteiger partial charge >= 0.3 is 6.18 Å². The van der Waals surface area contributed by atoms with E-state index in [-0.39, 0.29) is 24.8 Å². The van der Waals surface area contributed by atoms with Crippen molar-refractivity contribution in [3.05, 3.63) is 64.8 Å². The van der Waals surface area contributed by atoms with E-state index in [1.807, 2.05) is 0 Å². The molecule has 0 atom stereocenters. The number of hydrogen-bond donors (Lipinski definition) is 4. The fourth-order valence-corrected chi connectivity index (χ4v) is 4.09. The predicted octanol–water partition coefficient (Wildman–Crippen LogP) is 4.03. The second-order valence-corrected chi connectivity index (χ2v) is 9.79. The van der Waals surface area contributed by atoms with E-state index in [0.717, 1.165) is 17.4 Å². The number of nitrogens with one attached hydrogen (secondary N) is 4. The van der Waals surface area contributed by atoms with Crippen molar-refractivity contribution in [2.45, 2.75) is 26.1 Å². The number of carbonyl (C=O) groups excluding carboxylic acids is 1. The third-order valence-corrected chi connectivity index (χ3v) is 5.79. The smallest absolute Gasteiger partial charge is 0.365 e. The molecule has 0 bridgehead atoms. The number of carbonyl (C=O) groups is 1. The van der Waals surface area contributed by atoms with Crippen molar-refractivity contribution in [3.8, 4) is 0 Å². The number of anilines is 5. The summed E-state index contributed by atoms with van der Waals surface area (Å²) in [6, 6.07) is 9.80. The standard InChI is InChI=1S/C22H21F3N6O3S/c1-12-3-4-16(31-35(2,33)34)8-14(12)10-26-20-17(22(23,24)25)11-27-21(30-20)28-15-5-6-18-13(7-15)9-19(32)29-18/h3-8,11,31H,9-10H2,1-2H3,(H,29,32)(H2,26,27,28,30). The number of halogens is 3. The van der Waals surface area contributed by atoms with Gasteiger partial charge in [-0.25, -0.2) is 13.4 Å². The highest BCUT2D eigenvalue weighted by Gasteiger charge is 2.35. The van der Waals surface area contributed by atoms with Gasteiger partial charge in [-0.3, -0.25) is 9.52 Å². The Bertz CT molecular complexity index is 1410. The minimum atomic E-state index is -4.70. The lowest BCUT2D eigenvalue weighted by Gasteiger charge is -2.16. The molecule has 1 aliphatic rings. The zero-order chi connectivity index (χ0) is 25.4. The summed E-state index contributed by atoms with van der Waals surface area (Å²) in [5.74, 6) is -0.642. The highest BCUT2D eigenvalue weighted by Crippen LogP contribution is 2.35. The molecule has 0 saturated heterocycles. The van der Waals surface area contributed by atoms with E-state index in [1.54, 1.807) is 37.3 Å². The summed E-state index contributed by atoms with van der Waals surface area (Å²) in [4.78, 5) is 19.4. The summed E-state index contributed by atoms with van der Waals surface area (Å²) >= 11 is 0. The summed E-state index contributed by atoms with van der Waals surface area (Å²) in [6.07, 6.45) is -2.80. The maximum Gasteiger partial charge on any atom is 0.421 e. The number of alkyl halides is 3. The van der Waals surface area contributed by atoms with Crippen LogP contribution in [0.5, 0.6) is 0 Å². The van der Waals surface area contributed by atoms with Crippen LogP contribution in [0.1, 0.15) is 22.3 Å². The lowest BCUT2D eigenvalue weighted by atomic mass is 10.1. The Kier molecular flexibility index (Phi) is 6.28. The molecule has 4 rings (SSSR count). The molecule has 35 heavy (non-hydrogen) atoms. The van der Waals surface area contributed by atoms with Crippen LogP contribution in [0, 0.1) is 6.92 Å². The first-order valence-corrected chi connectivity index (χ1v) is 12.2. The molecule has 13 heteroatoms. The molecule has 1 aliphatic heterocycles. The Morgan fingerprint density at radius 2 is 1.86 bits per heavy atom. The fraction of sp³-hybridized carbons (Fsp3) is 0.227. The van der Waals surface area contributed by atoms with E-state index in [0.29, 0.717) is 28.8 Å². The predicted molar refractivity (Wildman–Crippen MR) is 126 cm³/mol. The van der Waals surface area contributed by atoms with Crippen LogP contribution in [0.2, 0.25) is 0 Å². The number of aryl methyl sites for hydroxylation is 1. The minimum absolute atomic E-state index is 0.0444. The second kappa shape index (κ2) is 9.06. The molecule has 4 N–H and O–H groups in total. The van der Waals surface area contributed by atoms with Crippen molar-refractivity contribution in [1.82, 2.24) is 9.97 Å². The van der Waals surface area contributed by atoms with E-state index >= 15 is 0 Å². The topological polar surface area (TPSA) is 125 Å². The summed E-state index contributed by atoms with van der Waals surface area (Å²) in [5.41, 5.74) is 2.52. The summed E-state index contributed by atoms with van der Waals surface area (Å²) in [7, 11) is -3.51. The van der Waals surface area contributed by atoms with Gasteiger partial charge in [-0.15, -0.1) is 0 Å². The van der Waals surface area contributed by atoms with Crippen LogP contribution in [0.25, 0.3) is 0 Å². The molecule has 1 amide bonds. The van der Waals surface area contributed by atoms with Crippen molar-refractivity contribution in [2.24, 2.45) is 0 Å². The largest absolute Gasteiger partial charge is 0.421 e. The Labute approximate surface area is 199 Å². The van der Waals surface area contributed by atoms with E-state index in [4.69, 9.17) is 0 Å². The first-order chi connectivity index (χ1) is 16.4. The number of rotatable bonds is 7. The first kappa shape index (κ1) is 24.3. The van der Waals surface area contributed by atoms with Crippen LogP contribution in [-0.2, 0) is 34.0 Å². The molecular weight excluding hydrogens is 485 g/mol. The molecule has 0 aliphatic carbocycles. The highest BCUT2D eigenvalue weighted by atomic mass is 32.2. The van der Waals surface area contributed by atoms with Crippen LogP contribution in [0.15, 0.2) is 42.6 Å². The van der Waals surface area contributed by atoms with Crippen molar-refractivity contribution < 1.29 is 26.4 Å². The molecule has 184 valence electrons. The van der Waals surface area contributed by atoms with Gasteiger partial charge in [-0.2, -0.15) is 18.2 Å². The fourth-order valence-electron chi connectivity index (χ4n) is 3.54. The molecule has 0 unspecified atom stereocenters. The Morgan fingerprint density at radius 1 is 1.11 bits per heavy atom. The average Bonchev–Trinajstić information content (AvgIpc) is 3.11. The number of fused-ring (bicyclic) bond motifs is 1. The van der Waals surface area contributed by atoms with Crippen molar-refractivity contribution in [2.75, 3.05) is 26.9 Å². The summed E-state index contributed by atoms with van der Waals surface area (Å²) < 4.78 is 66.1. The van der Waals surface area contributed by atoms with Gasteiger partial charge in [-0.1, -0.05) is 6.07 Å². The van der Waals surface area contributed by atoms with Crippen LogP contribution in [0.3, 0.4) is 0 Å². The van der Waals surface area contributed by atoms with Gasteiger partial charge in [0.2, 0.25) is 21.9 Å². The number of hydrogen-bond acceptors (Lipinski definition) is 7. The Hall–Kier alpha value is -3.87. The van der Waals surface area contributed by atoms with Gasteiger partial charge in [-0.05, 0) is 53.9 Å². The van der Waals surface area contributed by atoms with E-state index in [1.165, 1.54) is 6.07 Å². The summed E-state index contributed by atoms with van der Waals surface area (Å²) in [5, 5.41) is 8.27. The van der Waals surface area contributed by atoms with Gasteiger partial charge in [0.15, 0.2) is 0 Å². The zero-order valence-corrected chi connectivity index (χ0v) is 19.4. The molecule has 9 nitrogen and oxygen atoms in total. The average molecular weight is 507 g/mol. The molecule has 2 aromatic carbocycles. The van der Waals surface area contributed by atoms with Gasteiger partial charge in [0.05, 0.1) is 12.7 Å². The Morgan fingerprint density at radius 3 is 2.57 bits per heavy atom. The van der Waals surface area contributed by atoms with Gasteiger partial charge in [0.25, 0.3) is 0 Å². The van der Waals surface area contributed by atoms with Crippen LogP contribution in [-0.4, -0.2) is 30.5 Å². The van der Waals surface area contributed by atoms with Crippen molar-refractivity contribution in [1.29, 1.82) is 0 Å². The number of benzene rings is 2. The van der Waals surface area contributed by atoms with Gasteiger partial charge in [0, 0.05) is 29.8 Å². The number of sulfonamides is 1. The van der Waals surface area contributed by atoms with E-state index in [9.17, 15) is 26.4 Å². The normalized spacial score (nSPS) is 13.2. The summed E-state index contributed by atoms with van der Waals surface area (Å²) in [6.45, 7) is 1.71. The zero-order valence-electron chi connectivity index (χ0n) is 18.6. The van der Waals surface area contributed by atoms with Crippen molar-refractivity contribution in [3.63, 3.8) is 0 Å². The SMILES string of the molecule is Cc1ccc(NS(C)(=O)=O)cc1CNc1nc(Nc2ccc3c(c2)CC(=O)N3)ncc1C(F)(F)F. The molecule has 0 fully saturated rings. The number of aromatic nitrogens is 2. The van der Waals surface area contributed by atoms with Crippen molar-refractivity contribution >= 4 is 44.8 Å². The minimum Gasteiger partial charge on any atom is -0.365 e. The monoisotopic (exact) mass is 506 g/mol. The number of amides is 1. The third-order valence-electron chi connectivity index (χ3n) is 5.18. The molecule has 2 heterocycles. The second-order valence-electron chi connectivity index (χ2n) is 8.04. The van der Waals surface area contributed by atoms with E-state index in [2.05, 4.69) is 30.6 Å². The van der Waals surface area contributed by atoms with Crippen LogP contribution >= 0.6 is 0 Å². The lowest BCUT2D eigenvalue weighted by Crippen LogP contribution is -2.15. The lowest BCUT2D eigenvalue weighted by molar-refractivity contribution is -0.137. The Balaban J connectivity index is 1.58. The molecule has 0 saturated carbocycles. The molecule has 3 aromatic rings. The number of nitrogens with zero attached hydrogens (tertiary/aromatic N) is 2. The maximum atomic E-state index is 13.6. The van der Waals surface area contributed by atoms with Gasteiger partial charge in [0.1, 0.15) is 11.4 Å². The highest BCUT2D eigenvalue weighted by molar-refractivity contribution is 7.92. The molecule has 1 aromatic heterocycles. The molecule has 0 radical (unpaired) electrons. The molecule has 0 spiro atoms. The molecular formula is C22H21F3N6O3S. The third kappa shape index (κ3) is 5.98. The maximum absolute atomic E-state index is 13.6. The quantitative estimate of drug-likeness (QED) is 0.381. The van der Waals surface area contributed by atoms with Crippen LogP contribution < -0.4 is 20.7 Å². The van der Waals surface area contributed by atoms with E-state index < -0.39 is 27.6 Å².